The lowest BCUT2D eigenvalue weighted by Crippen LogP contribution is -2.03. The van der Waals surface area contributed by atoms with E-state index in [4.69, 9.17) is 0 Å². The highest BCUT2D eigenvalue weighted by Gasteiger charge is 2.19. The van der Waals surface area contributed by atoms with Crippen molar-refractivity contribution in [3.8, 4) is 0 Å². The first-order chi connectivity index (χ1) is 4.91. The predicted octanol–water partition coefficient (Wildman–Crippen LogP) is -1.23. The normalized spacial score (nSPS) is 11.8. The molecule has 11 heavy (non-hydrogen) atoms. The second-order valence-electron chi connectivity index (χ2n) is 1.81. The first-order valence-corrected chi connectivity index (χ1v) is 3.87. The van der Waals surface area contributed by atoms with Gasteiger partial charge in [0.15, 0.2) is 0 Å². The molecule has 62 valence electrons. The predicted molar refractivity (Wildman–Crippen MR) is 32.1 cm³/mol. The summed E-state index contributed by atoms with van der Waals surface area (Å²) in [5.74, 6) is 0. The monoisotopic (exact) mass is 181 g/mol. The first-order valence-electron chi connectivity index (χ1n) is 2.49. The van der Waals surface area contributed by atoms with Gasteiger partial charge in [0, 0.05) is 7.05 Å². The molecule has 0 atom stereocenters. The van der Waals surface area contributed by atoms with Gasteiger partial charge in [0.2, 0.25) is 0 Å². The molecule has 0 spiro atoms. The molecule has 0 saturated heterocycles. The van der Waals surface area contributed by atoms with Crippen LogP contribution in [0.15, 0.2) is 9.95 Å². The molecule has 0 radical (unpaired) electrons. The number of aryl methyl sites for hydroxylation is 1. The third kappa shape index (κ3) is 1.45. The Morgan fingerprint density at radius 2 is 2.18 bits per heavy atom. The van der Waals surface area contributed by atoms with E-state index in [1.54, 1.807) is 0 Å². The van der Waals surface area contributed by atoms with E-state index in [-0.39, 0.29) is 0 Å². The molecule has 0 aliphatic carbocycles. The van der Waals surface area contributed by atoms with Crippen molar-refractivity contribution < 1.29 is 12.3 Å². The van der Waals surface area contributed by atoms with Gasteiger partial charge in [-0.1, -0.05) is 3.89 Å². The minimum absolute atomic E-state index is 0.692. The smallest absolute Gasteiger partial charge is 0.258 e. The molecule has 1 rings (SSSR count). The summed E-state index contributed by atoms with van der Waals surface area (Å²) in [6, 6.07) is 0. The van der Waals surface area contributed by atoms with Gasteiger partial charge in [-0.2, -0.15) is 13.4 Å². The van der Waals surface area contributed by atoms with Crippen LogP contribution in [0.25, 0.3) is 0 Å². The Balaban J connectivity index is 3.48. The van der Waals surface area contributed by atoms with Gasteiger partial charge in [-0.25, -0.2) is 9.89 Å². The molecule has 6 nitrogen and oxygen atoms in total. The van der Waals surface area contributed by atoms with Crippen LogP contribution < -0.4 is 5.69 Å². The van der Waals surface area contributed by atoms with Crippen LogP contribution in [0.5, 0.6) is 0 Å². The van der Waals surface area contributed by atoms with E-state index in [9.17, 15) is 17.1 Å². The van der Waals surface area contributed by atoms with Crippen LogP contribution in [-0.4, -0.2) is 23.2 Å². The van der Waals surface area contributed by atoms with Crippen LogP contribution >= 0.6 is 0 Å². The molecular formula is C3H4FN3O3S. The highest BCUT2D eigenvalue weighted by Crippen LogP contribution is 2.02. The average Bonchev–Trinajstić information content (AvgIpc) is 2.08. The van der Waals surface area contributed by atoms with Crippen molar-refractivity contribution >= 4 is 10.2 Å². The second kappa shape index (κ2) is 2.16. The van der Waals surface area contributed by atoms with Crippen molar-refractivity contribution in [2.45, 2.75) is 5.16 Å². The Hall–Kier alpha value is -1.18. The quantitative estimate of drug-likeness (QED) is 0.549. The van der Waals surface area contributed by atoms with Crippen LogP contribution in [0, 0.1) is 0 Å². The van der Waals surface area contributed by atoms with Crippen molar-refractivity contribution in [1.29, 1.82) is 0 Å². The zero-order valence-electron chi connectivity index (χ0n) is 5.41. The number of rotatable bonds is 1. The molecule has 1 heterocycles. The van der Waals surface area contributed by atoms with E-state index in [2.05, 4.69) is 4.98 Å². The molecule has 0 unspecified atom stereocenters. The van der Waals surface area contributed by atoms with E-state index in [1.807, 2.05) is 5.10 Å². The van der Waals surface area contributed by atoms with Crippen molar-refractivity contribution in [1.82, 2.24) is 14.8 Å². The molecule has 0 saturated carbocycles. The minimum atomic E-state index is -4.89. The molecule has 0 fully saturated rings. The van der Waals surface area contributed by atoms with E-state index in [1.165, 1.54) is 7.05 Å². The standard InChI is InChI=1S/C3H4FN3O3S/c1-7-3(11(4,9)10)5-2(8)6-7/h1H3,(H,6,8). The van der Waals surface area contributed by atoms with Gasteiger partial charge >= 0.3 is 15.9 Å². The van der Waals surface area contributed by atoms with Crippen molar-refractivity contribution in [2.75, 3.05) is 0 Å². The van der Waals surface area contributed by atoms with Crippen LogP contribution in [0.4, 0.5) is 3.89 Å². The molecule has 0 aliphatic heterocycles. The lowest BCUT2D eigenvalue weighted by Gasteiger charge is -1.90. The maximum Gasteiger partial charge on any atom is 0.367 e. The fourth-order valence-electron chi connectivity index (χ4n) is 0.596. The summed E-state index contributed by atoms with van der Waals surface area (Å²) in [5, 5.41) is 1.03. The fourth-order valence-corrected chi connectivity index (χ4v) is 1.16. The molecule has 0 amide bonds. The van der Waals surface area contributed by atoms with Crippen molar-refractivity contribution in [3.05, 3.63) is 10.5 Å². The van der Waals surface area contributed by atoms with Crippen LogP contribution in [-0.2, 0) is 17.3 Å². The highest BCUT2D eigenvalue weighted by atomic mass is 32.3. The maximum atomic E-state index is 12.1. The second-order valence-corrected chi connectivity index (χ2v) is 3.05. The van der Waals surface area contributed by atoms with E-state index < -0.39 is 21.1 Å². The zero-order chi connectivity index (χ0) is 8.65. The molecule has 8 heteroatoms. The largest absolute Gasteiger partial charge is 0.367 e. The van der Waals surface area contributed by atoms with Gasteiger partial charge < -0.3 is 0 Å². The van der Waals surface area contributed by atoms with Crippen LogP contribution in [0.3, 0.4) is 0 Å². The molecule has 0 bridgehead atoms. The Labute approximate surface area is 60.9 Å². The third-order valence-corrected chi connectivity index (χ3v) is 1.77. The molecule has 0 aliphatic rings. The van der Waals surface area contributed by atoms with Gasteiger partial charge in [-0.3, -0.25) is 4.68 Å². The number of halogens is 1. The molecule has 0 aromatic carbocycles. The number of aromatic nitrogens is 3. The number of aromatic amines is 1. The first kappa shape index (κ1) is 7.92. The average molecular weight is 181 g/mol. The zero-order valence-corrected chi connectivity index (χ0v) is 6.22. The summed E-state index contributed by atoms with van der Waals surface area (Å²) in [6.07, 6.45) is 0. The van der Waals surface area contributed by atoms with Gasteiger partial charge in [0.25, 0.3) is 5.16 Å². The van der Waals surface area contributed by atoms with Crippen LogP contribution in [0.1, 0.15) is 0 Å². The number of hydrogen-bond donors (Lipinski definition) is 1. The summed E-state index contributed by atoms with van der Waals surface area (Å²) in [5.41, 5.74) is -0.899. The Morgan fingerprint density at radius 3 is 2.36 bits per heavy atom. The SMILES string of the molecule is Cn1[nH]c(=O)nc1S(=O)(=O)F. The van der Waals surface area contributed by atoms with Gasteiger partial charge in [-0.05, 0) is 0 Å². The van der Waals surface area contributed by atoms with Crippen molar-refractivity contribution in [3.63, 3.8) is 0 Å². The van der Waals surface area contributed by atoms with Crippen LogP contribution in [0.2, 0.25) is 0 Å². The summed E-state index contributed by atoms with van der Waals surface area (Å²) in [6.45, 7) is 0. The van der Waals surface area contributed by atoms with E-state index >= 15 is 0 Å². The summed E-state index contributed by atoms with van der Waals surface area (Å²) in [7, 11) is -3.72. The Bertz CT molecular complexity index is 415. The van der Waals surface area contributed by atoms with Gasteiger partial charge in [0.05, 0.1) is 0 Å². The summed E-state index contributed by atoms with van der Waals surface area (Å²) in [4.78, 5) is 13.2. The van der Waals surface area contributed by atoms with E-state index in [0.717, 1.165) is 0 Å². The number of nitrogens with zero attached hydrogens (tertiary/aromatic N) is 2. The molecule has 1 N–H and O–H groups in total. The number of H-pyrrole nitrogens is 1. The van der Waals surface area contributed by atoms with E-state index in [0.29, 0.717) is 4.68 Å². The highest BCUT2D eigenvalue weighted by molar-refractivity contribution is 7.86. The molecule has 1 aromatic heterocycles. The topological polar surface area (TPSA) is 84.8 Å². The lowest BCUT2D eigenvalue weighted by molar-refractivity contribution is 0.527. The van der Waals surface area contributed by atoms with Gasteiger partial charge in [-0.15, -0.1) is 0 Å². The fraction of sp³-hybridized carbons (Fsp3) is 0.333. The Morgan fingerprint density at radius 1 is 1.64 bits per heavy atom. The summed E-state index contributed by atoms with van der Waals surface area (Å²) < 4.78 is 33.1. The lowest BCUT2D eigenvalue weighted by atomic mass is 11.2. The number of hydrogen-bond acceptors (Lipinski definition) is 4. The Kier molecular flexibility index (Phi) is 1.55. The summed E-state index contributed by atoms with van der Waals surface area (Å²) >= 11 is 0. The third-order valence-electron chi connectivity index (χ3n) is 0.966. The van der Waals surface area contributed by atoms with Gasteiger partial charge in [0.1, 0.15) is 0 Å². The molecule has 1 aromatic rings. The maximum absolute atomic E-state index is 12.1. The van der Waals surface area contributed by atoms with Crippen molar-refractivity contribution in [2.24, 2.45) is 7.05 Å². The minimum Gasteiger partial charge on any atom is -0.258 e. The molecular weight excluding hydrogens is 177 g/mol. The number of nitrogens with one attached hydrogen (secondary N) is 1.